The molecule has 0 heterocycles. The van der Waals surface area contributed by atoms with Crippen LogP contribution >= 0.6 is 0 Å². The molecule has 24 heavy (non-hydrogen) atoms. The van der Waals surface area contributed by atoms with Gasteiger partial charge >= 0.3 is 5.97 Å². The Morgan fingerprint density at radius 3 is 2.33 bits per heavy atom. The molecule has 6 heteroatoms. The molecule has 6 nitrogen and oxygen atoms in total. The van der Waals surface area contributed by atoms with Crippen LogP contribution in [-0.4, -0.2) is 35.0 Å². The summed E-state index contributed by atoms with van der Waals surface area (Å²) in [7, 11) is 0. The monoisotopic (exact) mass is 332 g/mol. The van der Waals surface area contributed by atoms with Gasteiger partial charge in [0.15, 0.2) is 0 Å². The van der Waals surface area contributed by atoms with Crippen LogP contribution < -0.4 is 10.6 Å². The van der Waals surface area contributed by atoms with Crippen LogP contribution in [0.15, 0.2) is 24.3 Å². The van der Waals surface area contributed by atoms with E-state index in [0.29, 0.717) is 25.7 Å². The largest absolute Gasteiger partial charge is 0.481 e. The SMILES string of the molecule is Cc1ccc(CCC(=O)NCC(=O)NC2(CC(=O)O)CCC2)cc1. The lowest BCUT2D eigenvalue weighted by Gasteiger charge is -2.41. The molecule has 1 fully saturated rings. The summed E-state index contributed by atoms with van der Waals surface area (Å²) in [6.07, 6.45) is 3.13. The average Bonchev–Trinajstić information content (AvgIpc) is 2.49. The molecular weight excluding hydrogens is 308 g/mol. The highest BCUT2D eigenvalue weighted by atomic mass is 16.4. The lowest BCUT2D eigenvalue weighted by molar-refractivity contribution is -0.140. The van der Waals surface area contributed by atoms with Crippen molar-refractivity contribution in [1.29, 1.82) is 0 Å². The minimum absolute atomic E-state index is 0.0693. The molecule has 0 bridgehead atoms. The number of carbonyl (C=O) groups excluding carboxylic acids is 2. The number of hydrogen-bond acceptors (Lipinski definition) is 3. The van der Waals surface area contributed by atoms with Gasteiger partial charge in [-0.3, -0.25) is 14.4 Å². The third-order valence-corrected chi connectivity index (χ3v) is 4.41. The zero-order valence-electron chi connectivity index (χ0n) is 13.9. The van der Waals surface area contributed by atoms with Gasteiger partial charge in [-0.15, -0.1) is 0 Å². The first-order chi connectivity index (χ1) is 11.4. The summed E-state index contributed by atoms with van der Waals surface area (Å²) in [5.74, 6) is -1.44. The van der Waals surface area contributed by atoms with E-state index < -0.39 is 11.5 Å². The van der Waals surface area contributed by atoms with Gasteiger partial charge in [0.2, 0.25) is 11.8 Å². The number of aliphatic carboxylic acids is 1. The Hall–Kier alpha value is -2.37. The molecule has 1 saturated carbocycles. The molecule has 0 aromatic heterocycles. The summed E-state index contributed by atoms with van der Waals surface area (Å²) < 4.78 is 0. The number of aryl methyl sites for hydroxylation is 2. The summed E-state index contributed by atoms with van der Waals surface area (Å²) in [6, 6.07) is 7.98. The van der Waals surface area contributed by atoms with Crippen LogP contribution in [0.4, 0.5) is 0 Å². The van der Waals surface area contributed by atoms with Crippen molar-refractivity contribution in [3.05, 3.63) is 35.4 Å². The maximum absolute atomic E-state index is 11.9. The van der Waals surface area contributed by atoms with Crippen LogP contribution in [-0.2, 0) is 20.8 Å². The highest BCUT2D eigenvalue weighted by Crippen LogP contribution is 2.34. The van der Waals surface area contributed by atoms with E-state index in [1.807, 2.05) is 31.2 Å². The highest BCUT2D eigenvalue weighted by molar-refractivity contribution is 5.85. The van der Waals surface area contributed by atoms with Crippen LogP contribution in [0.5, 0.6) is 0 Å². The van der Waals surface area contributed by atoms with Crippen molar-refractivity contribution in [2.45, 2.75) is 51.0 Å². The topological polar surface area (TPSA) is 95.5 Å². The first-order valence-corrected chi connectivity index (χ1v) is 8.24. The Morgan fingerprint density at radius 1 is 1.12 bits per heavy atom. The fourth-order valence-electron chi connectivity index (χ4n) is 2.86. The predicted molar refractivity (Wildman–Crippen MR) is 89.5 cm³/mol. The Bertz CT molecular complexity index is 606. The Labute approximate surface area is 141 Å². The van der Waals surface area contributed by atoms with Gasteiger partial charge < -0.3 is 15.7 Å². The normalized spacial score (nSPS) is 15.2. The molecule has 130 valence electrons. The summed E-state index contributed by atoms with van der Waals surface area (Å²) in [6.45, 7) is 1.89. The van der Waals surface area contributed by atoms with E-state index in [-0.39, 0.29) is 24.8 Å². The third kappa shape index (κ3) is 5.37. The lowest BCUT2D eigenvalue weighted by atomic mass is 9.74. The van der Waals surface area contributed by atoms with E-state index in [4.69, 9.17) is 5.11 Å². The van der Waals surface area contributed by atoms with Crippen molar-refractivity contribution in [3.8, 4) is 0 Å². The van der Waals surface area contributed by atoms with E-state index in [0.717, 1.165) is 12.0 Å². The van der Waals surface area contributed by atoms with Gasteiger partial charge in [-0.1, -0.05) is 29.8 Å². The van der Waals surface area contributed by atoms with Gasteiger partial charge in [-0.05, 0) is 38.2 Å². The first-order valence-electron chi connectivity index (χ1n) is 8.24. The van der Waals surface area contributed by atoms with Gasteiger partial charge in [0.1, 0.15) is 0 Å². The average molecular weight is 332 g/mol. The number of carboxylic acids is 1. The van der Waals surface area contributed by atoms with E-state index in [1.165, 1.54) is 5.56 Å². The number of benzene rings is 1. The van der Waals surface area contributed by atoms with Gasteiger partial charge in [-0.25, -0.2) is 0 Å². The van der Waals surface area contributed by atoms with Crippen molar-refractivity contribution in [3.63, 3.8) is 0 Å². The molecule has 0 radical (unpaired) electrons. The van der Waals surface area contributed by atoms with Crippen molar-refractivity contribution in [2.24, 2.45) is 0 Å². The molecule has 0 unspecified atom stereocenters. The van der Waals surface area contributed by atoms with Gasteiger partial charge in [0.05, 0.1) is 18.5 Å². The van der Waals surface area contributed by atoms with E-state index in [1.54, 1.807) is 0 Å². The second-order valence-electron chi connectivity index (χ2n) is 6.51. The quantitative estimate of drug-likeness (QED) is 0.673. The minimum atomic E-state index is -0.919. The molecule has 1 aromatic carbocycles. The van der Waals surface area contributed by atoms with Gasteiger partial charge in [-0.2, -0.15) is 0 Å². The molecule has 2 rings (SSSR count). The van der Waals surface area contributed by atoms with Crippen LogP contribution in [0, 0.1) is 6.92 Å². The van der Waals surface area contributed by atoms with Crippen LogP contribution in [0.3, 0.4) is 0 Å². The Balaban J connectivity index is 1.70. The van der Waals surface area contributed by atoms with Gasteiger partial charge in [0, 0.05) is 6.42 Å². The van der Waals surface area contributed by atoms with Gasteiger partial charge in [0.25, 0.3) is 0 Å². The van der Waals surface area contributed by atoms with Crippen molar-refractivity contribution < 1.29 is 19.5 Å². The van der Waals surface area contributed by atoms with Crippen molar-refractivity contribution in [1.82, 2.24) is 10.6 Å². The molecule has 1 aromatic rings. The zero-order valence-corrected chi connectivity index (χ0v) is 13.9. The second kappa shape index (κ2) is 7.95. The lowest BCUT2D eigenvalue weighted by Crippen LogP contribution is -2.56. The summed E-state index contributed by atoms with van der Waals surface area (Å²) in [5, 5.41) is 14.3. The van der Waals surface area contributed by atoms with Crippen molar-refractivity contribution >= 4 is 17.8 Å². The molecule has 1 aliphatic rings. The molecule has 0 saturated heterocycles. The van der Waals surface area contributed by atoms with Crippen molar-refractivity contribution in [2.75, 3.05) is 6.54 Å². The van der Waals surface area contributed by atoms with Crippen LogP contribution in [0.2, 0.25) is 0 Å². The number of nitrogens with one attached hydrogen (secondary N) is 2. The standard InChI is InChI=1S/C18H24N2O4/c1-13-3-5-14(6-4-13)7-8-15(21)19-12-16(22)20-18(9-2-10-18)11-17(23)24/h3-6H,2,7-12H2,1H3,(H,19,21)(H,20,22)(H,23,24). The summed E-state index contributed by atoms with van der Waals surface area (Å²) >= 11 is 0. The molecule has 0 aliphatic heterocycles. The first kappa shape index (κ1) is 18.0. The van der Waals surface area contributed by atoms with E-state index >= 15 is 0 Å². The van der Waals surface area contributed by atoms with Crippen LogP contribution in [0.25, 0.3) is 0 Å². The number of hydrogen-bond donors (Lipinski definition) is 3. The maximum atomic E-state index is 11.9. The van der Waals surface area contributed by atoms with E-state index in [2.05, 4.69) is 10.6 Å². The van der Waals surface area contributed by atoms with Crippen LogP contribution in [0.1, 0.15) is 43.2 Å². The Kier molecular flexibility index (Phi) is 5.95. The fourth-order valence-corrected chi connectivity index (χ4v) is 2.86. The highest BCUT2D eigenvalue weighted by Gasteiger charge is 2.40. The minimum Gasteiger partial charge on any atom is -0.481 e. The summed E-state index contributed by atoms with van der Waals surface area (Å²) in [5.41, 5.74) is 1.62. The molecule has 0 spiro atoms. The molecule has 2 amide bonds. The van der Waals surface area contributed by atoms with E-state index in [9.17, 15) is 14.4 Å². The zero-order chi connectivity index (χ0) is 17.6. The number of rotatable bonds is 8. The number of carbonyl (C=O) groups is 3. The summed E-state index contributed by atoms with van der Waals surface area (Å²) in [4.78, 5) is 34.6. The maximum Gasteiger partial charge on any atom is 0.305 e. The Morgan fingerprint density at radius 2 is 1.79 bits per heavy atom. The molecule has 3 N–H and O–H groups in total. The second-order valence-corrected chi connectivity index (χ2v) is 6.51. The number of carboxylic acid groups (broad SMARTS) is 1. The third-order valence-electron chi connectivity index (χ3n) is 4.41. The predicted octanol–water partition coefficient (Wildman–Crippen LogP) is 1.56. The molecular formula is C18H24N2O4. The number of amides is 2. The molecule has 0 atom stereocenters. The molecule has 1 aliphatic carbocycles. The smallest absolute Gasteiger partial charge is 0.305 e. The fraction of sp³-hybridized carbons (Fsp3) is 0.500.